The van der Waals surface area contributed by atoms with Gasteiger partial charge in [-0.3, -0.25) is 0 Å². The van der Waals surface area contributed by atoms with Crippen LogP contribution in [0.1, 0.15) is 38.3 Å². The highest BCUT2D eigenvalue weighted by Gasteiger charge is 2.16. The Morgan fingerprint density at radius 1 is 1.10 bits per heavy atom. The lowest BCUT2D eigenvalue weighted by atomic mass is 10.1. The molecule has 21 heavy (non-hydrogen) atoms. The molecule has 0 atom stereocenters. The first-order chi connectivity index (χ1) is 9.86. The van der Waals surface area contributed by atoms with Gasteiger partial charge in [-0.2, -0.15) is 0 Å². The monoisotopic (exact) mass is 301 g/mol. The van der Waals surface area contributed by atoms with Crippen molar-refractivity contribution in [2.75, 3.05) is 0 Å². The van der Waals surface area contributed by atoms with Gasteiger partial charge in [-0.15, -0.1) is 11.8 Å². The Morgan fingerprint density at radius 3 is 2.29 bits per heavy atom. The van der Waals surface area contributed by atoms with Crippen molar-refractivity contribution < 1.29 is 9.90 Å². The first-order valence-corrected chi connectivity index (χ1v) is 7.77. The average Bonchev–Trinajstić information content (AvgIpc) is 2.33. The Kier molecular flexibility index (Phi) is 4.68. The van der Waals surface area contributed by atoms with Crippen LogP contribution in [0.3, 0.4) is 0 Å². The minimum absolute atomic E-state index is 0.315. The van der Waals surface area contributed by atoms with E-state index in [-0.39, 0.29) is 0 Å². The third-order valence-electron chi connectivity index (χ3n) is 3.18. The standard InChI is InChI=1S/C17H19NO2S/c1-10-5-11(2)7-14(6-10)9-21-16-15(17(19)20)12(3)8-13(4)18-16/h5-8H,9H2,1-4H3,(H,19,20). The van der Waals surface area contributed by atoms with E-state index < -0.39 is 5.97 Å². The zero-order valence-corrected chi connectivity index (χ0v) is 13.5. The Labute approximate surface area is 129 Å². The number of hydrogen-bond acceptors (Lipinski definition) is 3. The van der Waals surface area contributed by atoms with Crippen LogP contribution in [-0.2, 0) is 5.75 Å². The van der Waals surface area contributed by atoms with Crippen molar-refractivity contribution in [2.24, 2.45) is 0 Å². The molecule has 2 rings (SSSR count). The van der Waals surface area contributed by atoms with E-state index in [4.69, 9.17) is 0 Å². The van der Waals surface area contributed by atoms with Gasteiger partial charge in [0.15, 0.2) is 0 Å². The molecule has 0 saturated heterocycles. The first-order valence-electron chi connectivity index (χ1n) is 6.78. The number of aromatic nitrogens is 1. The van der Waals surface area contributed by atoms with Gasteiger partial charge in [0, 0.05) is 11.4 Å². The van der Waals surface area contributed by atoms with E-state index in [0.717, 1.165) is 17.0 Å². The molecule has 110 valence electrons. The molecular weight excluding hydrogens is 282 g/mol. The van der Waals surface area contributed by atoms with Crippen molar-refractivity contribution >= 4 is 17.7 Å². The molecule has 0 aliphatic carbocycles. The smallest absolute Gasteiger partial charge is 0.338 e. The topological polar surface area (TPSA) is 50.2 Å². The van der Waals surface area contributed by atoms with Gasteiger partial charge in [-0.05, 0) is 44.9 Å². The fourth-order valence-electron chi connectivity index (χ4n) is 2.47. The zero-order chi connectivity index (χ0) is 15.6. The summed E-state index contributed by atoms with van der Waals surface area (Å²) in [5, 5.41) is 9.97. The largest absolute Gasteiger partial charge is 0.478 e. The molecule has 0 radical (unpaired) electrons. The Balaban J connectivity index is 2.29. The third-order valence-corrected chi connectivity index (χ3v) is 4.23. The second-order valence-electron chi connectivity index (χ2n) is 5.35. The summed E-state index contributed by atoms with van der Waals surface area (Å²) < 4.78 is 0. The van der Waals surface area contributed by atoms with Crippen molar-refractivity contribution in [3.05, 3.63) is 57.8 Å². The van der Waals surface area contributed by atoms with Crippen LogP contribution < -0.4 is 0 Å². The Bertz CT molecular complexity index is 675. The van der Waals surface area contributed by atoms with E-state index in [0.29, 0.717) is 10.6 Å². The lowest BCUT2D eigenvalue weighted by molar-refractivity contribution is 0.0691. The molecule has 3 nitrogen and oxygen atoms in total. The summed E-state index contributed by atoms with van der Waals surface area (Å²) in [4.78, 5) is 15.8. The minimum atomic E-state index is -0.914. The number of hydrogen-bond donors (Lipinski definition) is 1. The molecule has 4 heteroatoms. The van der Waals surface area contributed by atoms with Crippen molar-refractivity contribution in [2.45, 2.75) is 38.5 Å². The molecule has 0 aliphatic rings. The van der Waals surface area contributed by atoms with E-state index in [1.807, 2.05) is 19.9 Å². The van der Waals surface area contributed by atoms with E-state index in [1.165, 1.54) is 28.5 Å². The van der Waals surface area contributed by atoms with E-state index in [2.05, 4.69) is 37.0 Å². The summed E-state index contributed by atoms with van der Waals surface area (Å²) >= 11 is 1.48. The summed E-state index contributed by atoms with van der Waals surface area (Å²) in [7, 11) is 0. The summed E-state index contributed by atoms with van der Waals surface area (Å²) in [6, 6.07) is 8.20. The highest BCUT2D eigenvalue weighted by molar-refractivity contribution is 7.98. The number of aryl methyl sites for hydroxylation is 4. The van der Waals surface area contributed by atoms with Crippen molar-refractivity contribution in [1.29, 1.82) is 0 Å². The second kappa shape index (κ2) is 6.31. The molecule has 0 bridgehead atoms. The summed E-state index contributed by atoms with van der Waals surface area (Å²) in [6.07, 6.45) is 0. The molecule has 0 fully saturated rings. The molecule has 1 N–H and O–H groups in total. The van der Waals surface area contributed by atoms with Crippen LogP contribution in [0.15, 0.2) is 29.3 Å². The van der Waals surface area contributed by atoms with Crippen LogP contribution in [-0.4, -0.2) is 16.1 Å². The van der Waals surface area contributed by atoms with Crippen LogP contribution in [0.25, 0.3) is 0 Å². The van der Waals surface area contributed by atoms with Crippen LogP contribution in [0.2, 0.25) is 0 Å². The van der Waals surface area contributed by atoms with Gasteiger partial charge in [-0.1, -0.05) is 29.3 Å². The number of carboxylic acids is 1. The van der Waals surface area contributed by atoms with E-state index in [1.54, 1.807) is 0 Å². The first kappa shape index (κ1) is 15.6. The minimum Gasteiger partial charge on any atom is -0.478 e. The Morgan fingerprint density at radius 2 is 1.71 bits per heavy atom. The second-order valence-corrected chi connectivity index (χ2v) is 6.31. The molecule has 1 aromatic heterocycles. The van der Waals surface area contributed by atoms with Gasteiger partial charge < -0.3 is 5.11 Å². The fourth-order valence-corrected chi connectivity index (χ4v) is 3.54. The molecule has 2 aromatic rings. The van der Waals surface area contributed by atoms with Crippen molar-refractivity contribution in [3.8, 4) is 0 Å². The van der Waals surface area contributed by atoms with Crippen LogP contribution in [0.5, 0.6) is 0 Å². The van der Waals surface area contributed by atoms with Gasteiger partial charge in [0.2, 0.25) is 0 Å². The lowest BCUT2D eigenvalue weighted by Crippen LogP contribution is -2.05. The molecule has 1 heterocycles. The van der Waals surface area contributed by atoms with Crippen LogP contribution in [0.4, 0.5) is 0 Å². The average molecular weight is 301 g/mol. The van der Waals surface area contributed by atoms with Gasteiger partial charge in [0.25, 0.3) is 0 Å². The molecule has 0 amide bonds. The van der Waals surface area contributed by atoms with E-state index in [9.17, 15) is 9.90 Å². The van der Waals surface area contributed by atoms with Gasteiger partial charge >= 0.3 is 5.97 Å². The van der Waals surface area contributed by atoms with E-state index >= 15 is 0 Å². The highest BCUT2D eigenvalue weighted by atomic mass is 32.2. The third kappa shape index (κ3) is 3.85. The maximum atomic E-state index is 11.4. The molecule has 0 aliphatic heterocycles. The quantitative estimate of drug-likeness (QED) is 0.855. The van der Waals surface area contributed by atoms with Gasteiger partial charge in [0.05, 0.1) is 5.56 Å². The lowest BCUT2D eigenvalue weighted by Gasteiger charge is -2.10. The zero-order valence-electron chi connectivity index (χ0n) is 12.7. The number of carboxylic acid groups (broad SMARTS) is 1. The highest BCUT2D eigenvalue weighted by Crippen LogP contribution is 2.28. The summed E-state index contributed by atoms with van der Waals surface area (Å²) in [6.45, 7) is 7.84. The SMILES string of the molecule is Cc1cc(C)cc(CSc2nc(C)cc(C)c2C(=O)O)c1. The number of nitrogens with zero attached hydrogens (tertiary/aromatic N) is 1. The number of carbonyl (C=O) groups is 1. The molecular formula is C17H19NO2S. The predicted octanol–water partition coefficient (Wildman–Crippen LogP) is 4.31. The van der Waals surface area contributed by atoms with Gasteiger partial charge in [0.1, 0.15) is 5.03 Å². The van der Waals surface area contributed by atoms with Crippen LogP contribution >= 0.6 is 11.8 Å². The summed E-state index contributed by atoms with van der Waals surface area (Å²) in [5.41, 5.74) is 5.55. The number of aromatic carboxylic acids is 1. The normalized spacial score (nSPS) is 10.7. The summed E-state index contributed by atoms with van der Waals surface area (Å²) in [5.74, 6) is -0.193. The molecule has 0 saturated carbocycles. The number of benzene rings is 1. The number of pyridine rings is 1. The number of thioether (sulfide) groups is 1. The molecule has 0 unspecified atom stereocenters. The predicted molar refractivity (Wildman–Crippen MR) is 86.1 cm³/mol. The fraction of sp³-hybridized carbons (Fsp3) is 0.294. The maximum Gasteiger partial charge on any atom is 0.338 e. The maximum absolute atomic E-state index is 11.4. The van der Waals surface area contributed by atoms with Crippen LogP contribution in [0, 0.1) is 27.7 Å². The molecule has 1 aromatic carbocycles. The van der Waals surface area contributed by atoms with Crippen molar-refractivity contribution in [1.82, 2.24) is 4.98 Å². The molecule has 0 spiro atoms. The Hall–Kier alpha value is -1.81. The number of rotatable bonds is 4. The van der Waals surface area contributed by atoms with Crippen molar-refractivity contribution in [3.63, 3.8) is 0 Å². The van der Waals surface area contributed by atoms with Gasteiger partial charge in [-0.25, -0.2) is 9.78 Å².